The second kappa shape index (κ2) is 6.94. The third-order valence-electron chi connectivity index (χ3n) is 2.56. The highest BCUT2D eigenvalue weighted by atomic mass is 16.5. The molecule has 0 aromatic heterocycles. The van der Waals surface area contributed by atoms with Crippen molar-refractivity contribution in [2.45, 2.75) is 33.1 Å². The van der Waals surface area contributed by atoms with Gasteiger partial charge in [-0.3, -0.25) is 4.79 Å². The molecule has 0 spiro atoms. The summed E-state index contributed by atoms with van der Waals surface area (Å²) in [6, 6.07) is 8.09. The summed E-state index contributed by atoms with van der Waals surface area (Å²) in [5.74, 6) is 1.44. The highest BCUT2D eigenvalue weighted by molar-refractivity contribution is 5.75. The molecule has 0 unspecified atom stereocenters. The third-order valence-corrected chi connectivity index (χ3v) is 2.56. The molecule has 0 saturated heterocycles. The van der Waals surface area contributed by atoms with Gasteiger partial charge in [0.25, 0.3) is 0 Å². The zero-order valence-electron chi connectivity index (χ0n) is 10.8. The second-order valence-corrected chi connectivity index (χ2v) is 4.28. The lowest BCUT2D eigenvalue weighted by molar-refractivity contribution is -0.120. The van der Waals surface area contributed by atoms with E-state index in [1.165, 1.54) is 5.56 Å². The zero-order chi connectivity index (χ0) is 12.7. The van der Waals surface area contributed by atoms with Crippen molar-refractivity contribution in [1.82, 2.24) is 5.32 Å². The summed E-state index contributed by atoms with van der Waals surface area (Å²) >= 11 is 0. The fourth-order valence-electron chi connectivity index (χ4n) is 1.43. The molecule has 0 atom stereocenters. The topological polar surface area (TPSA) is 38.3 Å². The molecule has 17 heavy (non-hydrogen) atoms. The molecule has 1 N–H and O–H groups in total. The van der Waals surface area contributed by atoms with Crippen molar-refractivity contribution < 1.29 is 9.53 Å². The minimum absolute atomic E-state index is 0.0590. The molecule has 0 saturated carbocycles. The first-order valence-corrected chi connectivity index (χ1v) is 6.13. The van der Waals surface area contributed by atoms with Crippen LogP contribution < -0.4 is 10.1 Å². The smallest absolute Gasteiger partial charge is 0.219 e. The summed E-state index contributed by atoms with van der Waals surface area (Å²) < 4.78 is 5.52. The number of carbonyl (C=O) groups is 1. The number of hydrogen-bond acceptors (Lipinski definition) is 2. The predicted octanol–water partition coefficient (Wildman–Crippen LogP) is 2.72. The lowest BCUT2D eigenvalue weighted by Crippen LogP contribution is -2.27. The Morgan fingerprint density at radius 3 is 2.47 bits per heavy atom. The van der Waals surface area contributed by atoms with Crippen molar-refractivity contribution in [2.24, 2.45) is 0 Å². The lowest BCUT2D eigenvalue weighted by Gasteiger charge is -2.09. The van der Waals surface area contributed by atoms with Gasteiger partial charge in [-0.15, -0.1) is 0 Å². The Balaban J connectivity index is 2.30. The predicted molar refractivity (Wildman–Crippen MR) is 69.3 cm³/mol. The standard InChI is InChI=1S/C14H21NO2/c1-4-14(16)15-9-10-17-13-7-5-12(6-8-13)11(2)3/h5-8,11H,4,9-10H2,1-3H3,(H,15,16). The number of nitrogens with one attached hydrogen (secondary N) is 1. The van der Waals surface area contributed by atoms with Gasteiger partial charge in [-0.25, -0.2) is 0 Å². The Morgan fingerprint density at radius 1 is 1.29 bits per heavy atom. The van der Waals surface area contributed by atoms with E-state index in [0.717, 1.165) is 5.75 Å². The molecular weight excluding hydrogens is 214 g/mol. The number of carbonyl (C=O) groups excluding carboxylic acids is 1. The van der Waals surface area contributed by atoms with Crippen LogP contribution in [-0.4, -0.2) is 19.1 Å². The van der Waals surface area contributed by atoms with Gasteiger partial charge in [-0.2, -0.15) is 0 Å². The van der Waals surface area contributed by atoms with E-state index < -0.39 is 0 Å². The highest BCUT2D eigenvalue weighted by Gasteiger charge is 2.00. The highest BCUT2D eigenvalue weighted by Crippen LogP contribution is 2.18. The summed E-state index contributed by atoms with van der Waals surface area (Å²) in [6.07, 6.45) is 0.517. The summed E-state index contributed by atoms with van der Waals surface area (Å²) in [5.41, 5.74) is 1.30. The van der Waals surface area contributed by atoms with Gasteiger partial charge in [0.1, 0.15) is 12.4 Å². The molecule has 0 fully saturated rings. The first-order valence-electron chi connectivity index (χ1n) is 6.13. The van der Waals surface area contributed by atoms with Crippen molar-refractivity contribution in [3.8, 4) is 5.75 Å². The van der Waals surface area contributed by atoms with Gasteiger partial charge in [0.15, 0.2) is 0 Å². The fraction of sp³-hybridized carbons (Fsp3) is 0.500. The van der Waals surface area contributed by atoms with E-state index in [2.05, 4.69) is 31.3 Å². The Labute approximate surface area is 103 Å². The summed E-state index contributed by atoms with van der Waals surface area (Å²) in [7, 11) is 0. The first kappa shape index (κ1) is 13.6. The first-order chi connectivity index (χ1) is 8.13. The number of ether oxygens (including phenoxy) is 1. The number of amides is 1. The molecule has 0 aliphatic carbocycles. The molecule has 1 amide bonds. The molecule has 3 heteroatoms. The van der Waals surface area contributed by atoms with E-state index in [-0.39, 0.29) is 5.91 Å². The van der Waals surface area contributed by atoms with Crippen LogP contribution in [0.5, 0.6) is 5.75 Å². The minimum atomic E-state index is 0.0590. The fourth-order valence-corrected chi connectivity index (χ4v) is 1.43. The molecule has 1 aromatic rings. The molecule has 0 radical (unpaired) electrons. The van der Waals surface area contributed by atoms with Gasteiger partial charge in [-0.05, 0) is 23.6 Å². The van der Waals surface area contributed by atoms with Gasteiger partial charge in [0, 0.05) is 6.42 Å². The monoisotopic (exact) mass is 235 g/mol. The molecule has 94 valence electrons. The maximum absolute atomic E-state index is 11.0. The SMILES string of the molecule is CCC(=O)NCCOc1ccc(C(C)C)cc1. The zero-order valence-corrected chi connectivity index (χ0v) is 10.8. The van der Waals surface area contributed by atoms with Crippen molar-refractivity contribution in [2.75, 3.05) is 13.2 Å². The van der Waals surface area contributed by atoms with E-state index >= 15 is 0 Å². The van der Waals surface area contributed by atoms with Crippen LogP contribution in [0.25, 0.3) is 0 Å². The largest absolute Gasteiger partial charge is 0.492 e. The Hall–Kier alpha value is -1.51. The summed E-state index contributed by atoms with van der Waals surface area (Å²) in [6.45, 7) is 7.22. The van der Waals surface area contributed by atoms with Crippen LogP contribution in [0.15, 0.2) is 24.3 Å². The maximum Gasteiger partial charge on any atom is 0.219 e. The molecule has 0 aliphatic heterocycles. The molecule has 0 heterocycles. The van der Waals surface area contributed by atoms with Crippen LogP contribution in [0, 0.1) is 0 Å². The number of rotatable bonds is 6. The van der Waals surface area contributed by atoms with E-state index in [9.17, 15) is 4.79 Å². The van der Waals surface area contributed by atoms with Crippen LogP contribution in [-0.2, 0) is 4.79 Å². The van der Waals surface area contributed by atoms with Crippen molar-refractivity contribution in [1.29, 1.82) is 0 Å². The van der Waals surface area contributed by atoms with Gasteiger partial charge in [0.05, 0.1) is 6.54 Å². The van der Waals surface area contributed by atoms with Gasteiger partial charge < -0.3 is 10.1 Å². The van der Waals surface area contributed by atoms with Crippen LogP contribution in [0.4, 0.5) is 0 Å². The van der Waals surface area contributed by atoms with E-state index in [1.807, 2.05) is 19.1 Å². The average molecular weight is 235 g/mol. The number of benzene rings is 1. The van der Waals surface area contributed by atoms with Crippen molar-refractivity contribution in [3.05, 3.63) is 29.8 Å². The van der Waals surface area contributed by atoms with Crippen LogP contribution >= 0.6 is 0 Å². The lowest BCUT2D eigenvalue weighted by atomic mass is 10.0. The normalized spacial score (nSPS) is 10.4. The van der Waals surface area contributed by atoms with Crippen LogP contribution in [0.1, 0.15) is 38.7 Å². The molecular formula is C14H21NO2. The van der Waals surface area contributed by atoms with E-state index in [1.54, 1.807) is 0 Å². The van der Waals surface area contributed by atoms with E-state index in [0.29, 0.717) is 25.5 Å². The van der Waals surface area contributed by atoms with Crippen LogP contribution in [0.2, 0.25) is 0 Å². The Bertz CT molecular complexity index is 344. The molecule has 1 rings (SSSR count). The molecule has 3 nitrogen and oxygen atoms in total. The molecule has 1 aromatic carbocycles. The van der Waals surface area contributed by atoms with E-state index in [4.69, 9.17) is 4.74 Å². The Morgan fingerprint density at radius 2 is 1.94 bits per heavy atom. The second-order valence-electron chi connectivity index (χ2n) is 4.28. The minimum Gasteiger partial charge on any atom is -0.492 e. The van der Waals surface area contributed by atoms with Crippen molar-refractivity contribution in [3.63, 3.8) is 0 Å². The molecule has 0 bridgehead atoms. The van der Waals surface area contributed by atoms with Crippen LogP contribution in [0.3, 0.4) is 0 Å². The van der Waals surface area contributed by atoms with Gasteiger partial charge >= 0.3 is 0 Å². The number of hydrogen-bond donors (Lipinski definition) is 1. The molecule has 0 aliphatic rings. The summed E-state index contributed by atoms with van der Waals surface area (Å²) in [4.78, 5) is 11.0. The summed E-state index contributed by atoms with van der Waals surface area (Å²) in [5, 5.41) is 2.77. The maximum atomic E-state index is 11.0. The quantitative estimate of drug-likeness (QED) is 0.770. The van der Waals surface area contributed by atoms with Gasteiger partial charge in [0.2, 0.25) is 5.91 Å². The average Bonchev–Trinajstić information content (AvgIpc) is 2.34. The van der Waals surface area contributed by atoms with Crippen molar-refractivity contribution >= 4 is 5.91 Å². The van der Waals surface area contributed by atoms with Gasteiger partial charge in [-0.1, -0.05) is 32.9 Å². The third kappa shape index (κ3) is 4.89. The Kier molecular flexibility index (Phi) is 5.53.